The van der Waals surface area contributed by atoms with Gasteiger partial charge in [-0.25, -0.2) is 4.79 Å². The van der Waals surface area contributed by atoms with Crippen LogP contribution < -0.4 is 5.73 Å². The Kier molecular flexibility index (Phi) is 6.44. The van der Waals surface area contributed by atoms with E-state index in [-0.39, 0.29) is 11.9 Å². The molecular weight excluding hydrogens is 264 g/mol. The molecule has 1 fully saturated rings. The number of amides is 3. The maximum atomic E-state index is 12.1. The van der Waals surface area contributed by atoms with Crippen LogP contribution in [0.3, 0.4) is 0 Å². The zero-order chi connectivity index (χ0) is 14.4. The van der Waals surface area contributed by atoms with Crippen LogP contribution in [0.25, 0.3) is 0 Å². The lowest BCUT2D eigenvalue weighted by Gasteiger charge is -2.36. The highest BCUT2D eigenvalue weighted by atomic mass is 32.2. The molecule has 1 atom stereocenters. The average Bonchev–Trinajstić information content (AvgIpc) is 2.43. The summed E-state index contributed by atoms with van der Waals surface area (Å²) in [5.41, 5.74) is 5.88. The van der Waals surface area contributed by atoms with Gasteiger partial charge in [0.15, 0.2) is 0 Å². The van der Waals surface area contributed by atoms with Crippen LogP contribution in [0, 0.1) is 0 Å². The average molecular weight is 288 g/mol. The van der Waals surface area contributed by atoms with E-state index in [1.807, 2.05) is 6.26 Å². The molecule has 0 aromatic heterocycles. The molecule has 0 aromatic rings. The summed E-state index contributed by atoms with van der Waals surface area (Å²) in [4.78, 5) is 28.9. The van der Waals surface area contributed by atoms with Gasteiger partial charge in [0.1, 0.15) is 0 Å². The first-order valence-electron chi connectivity index (χ1n) is 6.47. The van der Waals surface area contributed by atoms with Crippen molar-refractivity contribution in [2.24, 2.45) is 5.73 Å². The third-order valence-corrected chi connectivity index (χ3v) is 3.84. The molecule has 19 heavy (non-hydrogen) atoms. The second kappa shape index (κ2) is 7.59. The predicted octanol–water partition coefficient (Wildman–Crippen LogP) is -0.107. The van der Waals surface area contributed by atoms with Gasteiger partial charge in [0, 0.05) is 40.3 Å². The minimum Gasteiger partial charge on any atom is -0.338 e. The summed E-state index contributed by atoms with van der Waals surface area (Å²) < 4.78 is 0. The van der Waals surface area contributed by atoms with Crippen LogP contribution in [0.15, 0.2) is 0 Å². The van der Waals surface area contributed by atoms with Crippen LogP contribution in [0.2, 0.25) is 0 Å². The van der Waals surface area contributed by atoms with E-state index < -0.39 is 6.04 Å². The summed E-state index contributed by atoms with van der Waals surface area (Å²) in [5, 5.41) is 0. The van der Waals surface area contributed by atoms with E-state index in [0.717, 1.165) is 5.75 Å². The molecule has 6 nitrogen and oxygen atoms in total. The SMILES string of the molecule is CSCC[C@@H](N)C(=O)N1CCN(C(=O)N(C)C)CC1. The predicted molar refractivity (Wildman–Crippen MR) is 78.2 cm³/mol. The van der Waals surface area contributed by atoms with Crippen molar-refractivity contribution in [3.63, 3.8) is 0 Å². The summed E-state index contributed by atoms with van der Waals surface area (Å²) in [5.74, 6) is 0.900. The third kappa shape index (κ3) is 4.58. The number of nitrogens with two attached hydrogens (primary N) is 1. The van der Waals surface area contributed by atoms with E-state index in [1.54, 1.807) is 40.6 Å². The molecule has 2 N–H and O–H groups in total. The smallest absolute Gasteiger partial charge is 0.319 e. The Balaban J connectivity index is 2.41. The van der Waals surface area contributed by atoms with Gasteiger partial charge in [0.25, 0.3) is 0 Å². The number of carbonyl (C=O) groups excluding carboxylic acids is 2. The Labute approximate surface area is 119 Å². The molecule has 1 aliphatic heterocycles. The van der Waals surface area contributed by atoms with Gasteiger partial charge in [-0.3, -0.25) is 4.79 Å². The molecule has 0 spiro atoms. The lowest BCUT2D eigenvalue weighted by molar-refractivity contribution is -0.134. The second-order valence-electron chi connectivity index (χ2n) is 4.88. The largest absolute Gasteiger partial charge is 0.338 e. The summed E-state index contributed by atoms with van der Waals surface area (Å²) in [6, 6.07) is -0.415. The molecule has 0 unspecified atom stereocenters. The molecule has 7 heteroatoms. The molecule has 110 valence electrons. The second-order valence-corrected chi connectivity index (χ2v) is 5.86. The topological polar surface area (TPSA) is 69.9 Å². The van der Waals surface area contributed by atoms with Gasteiger partial charge in [-0.1, -0.05) is 0 Å². The van der Waals surface area contributed by atoms with Gasteiger partial charge in [-0.05, 0) is 18.4 Å². The number of urea groups is 1. The Bertz CT molecular complexity index is 317. The van der Waals surface area contributed by atoms with Gasteiger partial charge >= 0.3 is 6.03 Å². The van der Waals surface area contributed by atoms with Crippen LogP contribution in [-0.4, -0.2) is 85.0 Å². The number of nitrogens with zero attached hydrogens (tertiary/aromatic N) is 3. The Morgan fingerprint density at radius 3 is 2.21 bits per heavy atom. The Morgan fingerprint density at radius 1 is 1.21 bits per heavy atom. The summed E-state index contributed by atoms with van der Waals surface area (Å²) >= 11 is 1.69. The summed E-state index contributed by atoms with van der Waals surface area (Å²) in [7, 11) is 3.47. The number of hydrogen-bond acceptors (Lipinski definition) is 4. The first-order valence-corrected chi connectivity index (χ1v) is 7.86. The first kappa shape index (κ1) is 16.1. The number of thioether (sulfide) groups is 1. The molecule has 1 rings (SSSR count). The van der Waals surface area contributed by atoms with Crippen molar-refractivity contribution in [1.82, 2.24) is 14.7 Å². The monoisotopic (exact) mass is 288 g/mol. The minimum atomic E-state index is -0.413. The number of hydrogen-bond donors (Lipinski definition) is 1. The normalized spacial score (nSPS) is 17.3. The van der Waals surface area contributed by atoms with Gasteiger partial charge < -0.3 is 20.4 Å². The highest BCUT2D eigenvalue weighted by Gasteiger charge is 2.27. The van der Waals surface area contributed by atoms with Crippen molar-refractivity contribution >= 4 is 23.7 Å². The van der Waals surface area contributed by atoms with Gasteiger partial charge in [-0.2, -0.15) is 11.8 Å². The van der Waals surface area contributed by atoms with E-state index in [1.165, 1.54) is 0 Å². The molecule has 3 amide bonds. The molecule has 1 saturated heterocycles. The number of carbonyl (C=O) groups is 2. The first-order chi connectivity index (χ1) is 8.97. The van der Waals surface area contributed by atoms with Crippen LogP contribution in [0.1, 0.15) is 6.42 Å². The summed E-state index contributed by atoms with van der Waals surface area (Å²) in [6.45, 7) is 2.31. The third-order valence-electron chi connectivity index (χ3n) is 3.19. The van der Waals surface area contributed by atoms with Crippen molar-refractivity contribution in [2.75, 3.05) is 52.3 Å². The minimum absolute atomic E-state index is 0.00113. The van der Waals surface area contributed by atoms with Crippen LogP contribution in [0.5, 0.6) is 0 Å². The van der Waals surface area contributed by atoms with Gasteiger partial charge in [0.05, 0.1) is 6.04 Å². The van der Waals surface area contributed by atoms with E-state index in [0.29, 0.717) is 32.6 Å². The summed E-state index contributed by atoms with van der Waals surface area (Å²) in [6.07, 6.45) is 2.71. The Morgan fingerprint density at radius 2 is 1.74 bits per heavy atom. The van der Waals surface area contributed by atoms with Crippen molar-refractivity contribution in [3.8, 4) is 0 Å². The maximum absolute atomic E-state index is 12.1. The molecule has 0 aromatic carbocycles. The van der Waals surface area contributed by atoms with Gasteiger partial charge in [0.2, 0.25) is 5.91 Å². The molecule has 0 radical (unpaired) electrons. The van der Waals surface area contributed by atoms with Gasteiger partial charge in [-0.15, -0.1) is 0 Å². The molecule has 0 aliphatic carbocycles. The number of rotatable bonds is 4. The lowest BCUT2D eigenvalue weighted by atomic mass is 10.2. The van der Waals surface area contributed by atoms with Crippen LogP contribution >= 0.6 is 11.8 Å². The highest BCUT2D eigenvalue weighted by molar-refractivity contribution is 7.98. The van der Waals surface area contributed by atoms with Crippen molar-refractivity contribution in [2.45, 2.75) is 12.5 Å². The molecule has 0 saturated carbocycles. The standard InChI is InChI=1S/C12H24N4O2S/c1-14(2)12(18)16-7-5-15(6-8-16)11(17)10(13)4-9-19-3/h10H,4-9,13H2,1-3H3/t10-/m1/s1. The fourth-order valence-corrected chi connectivity index (χ4v) is 2.49. The van der Waals surface area contributed by atoms with Crippen LogP contribution in [0.4, 0.5) is 4.79 Å². The fraction of sp³-hybridized carbons (Fsp3) is 0.833. The number of piperazine rings is 1. The van der Waals surface area contributed by atoms with E-state index in [2.05, 4.69) is 0 Å². The van der Waals surface area contributed by atoms with E-state index >= 15 is 0 Å². The molecule has 1 heterocycles. The Hall–Kier alpha value is -0.950. The fourth-order valence-electron chi connectivity index (χ4n) is 2.00. The quantitative estimate of drug-likeness (QED) is 0.784. The highest BCUT2D eigenvalue weighted by Crippen LogP contribution is 2.08. The van der Waals surface area contributed by atoms with Crippen molar-refractivity contribution in [1.29, 1.82) is 0 Å². The molecular formula is C12H24N4O2S. The van der Waals surface area contributed by atoms with Crippen molar-refractivity contribution in [3.05, 3.63) is 0 Å². The lowest BCUT2D eigenvalue weighted by Crippen LogP contribution is -2.55. The zero-order valence-electron chi connectivity index (χ0n) is 12.0. The zero-order valence-corrected chi connectivity index (χ0v) is 12.8. The van der Waals surface area contributed by atoms with E-state index in [9.17, 15) is 9.59 Å². The molecule has 1 aliphatic rings. The van der Waals surface area contributed by atoms with Crippen molar-refractivity contribution < 1.29 is 9.59 Å². The maximum Gasteiger partial charge on any atom is 0.319 e. The molecule has 0 bridgehead atoms. The van der Waals surface area contributed by atoms with E-state index in [4.69, 9.17) is 5.73 Å². The van der Waals surface area contributed by atoms with Crippen LogP contribution in [-0.2, 0) is 4.79 Å².